The molecule has 0 spiro atoms. The second-order valence-electron chi connectivity index (χ2n) is 10.2. The molecule has 2 heterocycles. The molecule has 0 bridgehead atoms. The first kappa shape index (κ1) is 27.6. The number of fused-ring (bicyclic) bond motifs is 1. The molecule has 1 N–H and O–H groups in total. The number of hydrogen-bond donors (Lipinski definition) is 1. The highest BCUT2D eigenvalue weighted by atomic mass is 16.5. The van der Waals surface area contributed by atoms with Gasteiger partial charge in [0.15, 0.2) is 17.3 Å². The van der Waals surface area contributed by atoms with Gasteiger partial charge in [-0.3, -0.25) is 14.7 Å². The number of pyridine rings is 1. The summed E-state index contributed by atoms with van der Waals surface area (Å²) >= 11 is 0. The molecule has 0 saturated carbocycles. The number of piperazine rings is 1. The van der Waals surface area contributed by atoms with Gasteiger partial charge in [0.1, 0.15) is 24.2 Å². The van der Waals surface area contributed by atoms with Crippen LogP contribution in [-0.4, -0.2) is 85.3 Å². The smallest absolute Gasteiger partial charge is 0.196 e. The molecule has 1 saturated heterocycles. The van der Waals surface area contributed by atoms with Crippen molar-refractivity contribution in [3.63, 3.8) is 0 Å². The second-order valence-corrected chi connectivity index (χ2v) is 10.2. The van der Waals surface area contributed by atoms with Crippen molar-refractivity contribution in [1.82, 2.24) is 14.8 Å². The Morgan fingerprint density at radius 1 is 0.950 bits per heavy atom. The molecule has 0 radical (unpaired) electrons. The fraction of sp³-hybridized carbons (Fsp3) is 0.312. The lowest BCUT2D eigenvalue weighted by Crippen LogP contribution is -2.47. The van der Waals surface area contributed by atoms with Crippen LogP contribution in [0.4, 0.5) is 0 Å². The van der Waals surface area contributed by atoms with E-state index in [0.29, 0.717) is 51.6 Å². The monoisotopic (exact) mass is 541 g/mol. The van der Waals surface area contributed by atoms with E-state index in [1.54, 1.807) is 37.6 Å². The molecule has 1 atom stereocenters. The molecule has 4 aromatic rings. The lowest BCUT2D eigenvalue weighted by Gasteiger charge is -2.33. The van der Waals surface area contributed by atoms with Crippen LogP contribution in [0.1, 0.15) is 21.5 Å². The van der Waals surface area contributed by atoms with Crippen molar-refractivity contribution in [1.29, 1.82) is 0 Å². The number of β-amino-alcohol motifs (C(OH)–C–C–N with tert-alkyl or cyclic N) is 1. The molecule has 1 aliphatic rings. The first-order valence-corrected chi connectivity index (χ1v) is 13.5. The van der Waals surface area contributed by atoms with Crippen LogP contribution in [0.25, 0.3) is 10.9 Å². The summed E-state index contributed by atoms with van der Waals surface area (Å²) in [6.07, 6.45) is 1.02. The Labute approximate surface area is 234 Å². The van der Waals surface area contributed by atoms with Gasteiger partial charge in [-0.1, -0.05) is 42.0 Å². The molecule has 3 aromatic carbocycles. The summed E-state index contributed by atoms with van der Waals surface area (Å²) in [5, 5.41) is 11.3. The maximum atomic E-state index is 13.3. The second kappa shape index (κ2) is 12.5. The highest BCUT2D eigenvalue weighted by Gasteiger charge is 2.20. The first-order chi connectivity index (χ1) is 19.4. The summed E-state index contributed by atoms with van der Waals surface area (Å²) in [7, 11) is 3.68. The first-order valence-electron chi connectivity index (χ1n) is 13.5. The number of ketones is 1. The zero-order valence-corrected chi connectivity index (χ0v) is 23.2. The van der Waals surface area contributed by atoms with E-state index in [9.17, 15) is 9.90 Å². The minimum Gasteiger partial charge on any atom is -0.493 e. The Balaban J connectivity index is 1.37. The third kappa shape index (κ3) is 6.42. The number of benzene rings is 3. The van der Waals surface area contributed by atoms with Gasteiger partial charge in [-0.15, -0.1) is 0 Å². The fourth-order valence-corrected chi connectivity index (χ4v) is 4.83. The van der Waals surface area contributed by atoms with Crippen molar-refractivity contribution in [2.24, 2.45) is 0 Å². The molecule has 8 heteroatoms. The molecule has 40 heavy (non-hydrogen) atoms. The molecule has 0 amide bonds. The van der Waals surface area contributed by atoms with Gasteiger partial charge in [-0.05, 0) is 38.2 Å². The van der Waals surface area contributed by atoms with Crippen molar-refractivity contribution in [3.05, 3.63) is 89.6 Å². The number of methoxy groups -OCH3 is 1. The summed E-state index contributed by atoms with van der Waals surface area (Å²) in [6.45, 7) is 6.48. The van der Waals surface area contributed by atoms with E-state index in [1.165, 1.54) is 0 Å². The van der Waals surface area contributed by atoms with E-state index in [-0.39, 0.29) is 12.4 Å². The highest BCUT2D eigenvalue weighted by Crippen LogP contribution is 2.38. The van der Waals surface area contributed by atoms with Gasteiger partial charge in [0, 0.05) is 55.9 Å². The third-order valence-corrected chi connectivity index (χ3v) is 7.12. The Kier molecular flexibility index (Phi) is 8.60. The zero-order valence-electron chi connectivity index (χ0n) is 23.2. The molecule has 5 rings (SSSR count). The Hall–Kier alpha value is -3.98. The van der Waals surface area contributed by atoms with Gasteiger partial charge in [-0.25, -0.2) is 0 Å². The number of aromatic nitrogens is 1. The van der Waals surface area contributed by atoms with Crippen LogP contribution in [0.5, 0.6) is 23.0 Å². The number of carbonyl (C=O) groups is 1. The number of likely N-dealkylation sites (N-methyl/N-ethyl adjacent to an activating group) is 1. The number of aliphatic hydroxyl groups is 1. The van der Waals surface area contributed by atoms with Gasteiger partial charge < -0.3 is 24.2 Å². The summed E-state index contributed by atoms with van der Waals surface area (Å²) in [6, 6.07) is 20.1. The van der Waals surface area contributed by atoms with E-state index in [2.05, 4.69) is 21.8 Å². The predicted octanol–water partition coefficient (Wildman–Crippen LogP) is 4.56. The molecular formula is C32H35N3O5. The Bertz CT molecular complexity index is 1470. The maximum absolute atomic E-state index is 13.3. The normalized spacial score (nSPS) is 15.1. The Morgan fingerprint density at radius 2 is 1.73 bits per heavy atom. The van der Waals surface area contributed by atoms with Crippen molar-refractivity contribution in [2.75, 3.05) is 53.5 Å². The number of ether oxygens (including phenoxy) is 3. The molecule has 1 unspecified atom stereocenters. The fourth-order valence-electron chi connectivity index (χ4n) is 4.83. The van der Waals surface area contributed by atoms with Crippen LogP contribution in [0.3, 0.4) is 0 Å². The summed E-state index contributed by atoms with van der Waals surface area (Å²) < 4.78 is 18.0. The van der Waals surface area contributed by atoms with Crippen molar-refractivity contribution in [3.8, 4) is 23.0 Å². The van der Waals surface area contributed by atoms with Crippen molar-refractivity contribution in [2.45, 2.75) is 13.0 Å². The standard InChI is InChI=1S/C32H35N3O5/c1-22-9-10-28(26(17-22)32(37)23-7-5-4-6-8-23)40-29-11-12-33-27-19-31(30(38-3)18-25(27)29)39-21-24(36)20-35-15-13-34(2)14-16-35/h4-12,17-19,24,36H,13-16,20-21H2,1-3H3. The van der Waals surface area contributed by atoms with Crippen LogP contribution in [0.15, 0.2) is 72.9 Å². The SMILES string of the molecule is COc1cc2c(Oc3ccc(C)cc3C(=O)c3ccccc3)ccnc2cc1OCC(O)CN1CCN(C)CC1. The highest BCUT2D eigenvalue weighted by molar-refractivity contribution is 6.11. The Morgan fingerprint density at radius 3 is 2.48 bits per heavy atom. The van der Waals surface area contributed by atoms with Crippen molar-refractivity contribution < 1.29 is 24.1 Å². The number of aryl methyl sites for hydroxylation is 1. The predicted molar refractivity (Wildman–Crippen MR) is 155 cm³/mol. The minimum absolute atomic E-state index is 0.110. The minimum atomic E-state index is -0.631. The number of nitrogens with zero attached hydrogens (tertiary/aromatic N) is 3. The van der Waals surface area contributed by atoms with Crippen LogP contribution in [0, 0.1) is 6.92 Å². The molecular weight excluding hydrogens is 506 g/mol. The quantitative estimate of drug-likeness (QED) is 0.293. The summed E-state index contributed by atoms with van der Waals surface area (Å²) in [5.74, 6) is 1.88. The van der Waals surface area contributed by atoms with Crippen molar-refractivity contribution >= 4 is 16.7 Å². The number of rotatable bonds is 10. The lowest BCUT2D eigenvalue weighted by molar-refractivity contribution is 0.0498. The molecule has 8 nitrogen and oxygen atoms in total. The number of carbonyl (C=O) groups excluding carboxylic acids is 1. The van der Waals surface area contributed by atoms with E-state index in [0.717, 1.165) is 31.7 Å². The molecule has 0 aliphatic carbocycles. The summed E-state index contributed by atoms with van der Waals surface area (Å²) in [4.78, 5) is 22.4. The molecule has 208 valence electrons. The van der Waals surface area contributed by atoms with E-state index in [1.807, 2.05) is 49.4 Å². The topological polar surface area (TPSA) is 84.4 Å². The van der Waals surface area contributed by atoms with E-state index >= 15 is 0 Å². The molecule has 1 aromatic heterocycles. The lowest BCUT2D eigenvalue weighted by atomic mass is 10.0. The molecule has 1 aliphatic heterocycles. The van der Waals surface area contributed by atoms with Gasteiger partial charge >= 0.3 is 0 Å². The van der Waals surface area contributed by atoms with Crippen LogP contribution >= 0.6 is 0 Å². The van der Waals surface area contributed by atoms with Gasteiger partial charge in [0.2, 0.25) is 0 Å². The molecule has 1 fully saturated rings. The zero-order chi connectivity index (χ0) is 28.1. The van der Waals surface area contributed by atoms with Gasteiger partial charge in [0.25, 0.3) is 0 Å². The maximum Gasteiger partial charge on any atom is 0.196 e. The average Bonchev–Trinajstić information content (AvgIpc) is 2.98. The van der Waals surface area contributed by atoms with Crippen LogP contribution in [0.2, 0.25) is 0 Å². The van der Waals surface area contributed by atoms with E-state index in [4.69, 9.17) is 14.2 Å². The average molecular weight is 542 g/mol. The largest absolute Gasteiger partial charge is 0.493 e. The van der Waals surface area contributed by atoms with Gasteiger partial charge in [-0.2, -0.15) is 0 Å². The van der Waals surface area contributed by atoms with Crippen LogP contribution < -0.4 is 14.2 Å². The number of hydrogen-bond acceptors (Lipinski definition) is 8. The van der Waals surface area contributed by atoms with Gasteiger partial charge in [0.05, 0.1) is 18.2 Å². The van der Waals surface area contributed by atoms with E-state index < -0.39 is 6.10 Å². The summed E-state index contributed by atoms with van der Waals surface area (Å²) in [5.41, 5.74) is 2.68. The number of aliphatic hydroxyl groups excluding tert-OH is 1. The third-order valence-electron chi connectivity index (χ3n) is 7.12. The van der Waals surface area contributed by atoms with Crippen LogP contribution in [-0.2, 0) is 0 Å².